The number of rotatable bonds is 3. The number of carboxylic acids is 1. The molecule has 0 atom stereocenters. The Kier molecular flexibility index (Phi) is 3.71. The first-order chi connectivity index (χ1) is 8.06. The van der Waals surface area contributed by atoms with Crippen LogP contribution in [0, 0.1) is 0 Å². The van der Waals surface area contributed by atoms with Gasteiger partial charge in [-0.05, 0) is 18.2 Å². The van der Waals surface area contributed by atoms with Crippen molar-refractivity contribution in [3.8, 4) is 11.5 Å². The van der Waals surface area contributed by atoms with Gasteiger partial charge >= 0.3 is 5.97 Å². The smallest absolute Gasteiger partial charge is 0.346 e. The highest BCUT2D eigenvalue weighted by atomic mass is 79.9. The van der Waals surface area contributed by atoms with E-state index >= 15 is 0 Å². The van der Waals surface area contributed by atoms with Crippen molar-refractivity contribution in [1.82, 2.24) is 0 Å². The lowest BCUT2D eigenvalue weighted by atomic mass is 10.3. The Bertz CT molecular complexity index is 568. The van der Waals surface area contributed by atoms with Gasteiger partial charge in [0.2, 0.25) is 0 Å². The Hall–Kier alpha value is -1.04. The zero-order valence-corrected chi connectivity index (χ0v) is 11.5. The van der Waals surface area contributed by atoms with Crippen LogP contribution in [-0.2, 0) is 0 Å². The lowest BCUT2D eigenvalue weighted by Crippen LogP contribution is -1.90. The summed E-state index contributed by atoms with van der Waals surface area (Å²) in [5.74, 6) is -0.0200. The SMILES string of the molecule is O=C(O)c1cc(Oc2cc(Br)ccc2Cl)cs1. The summed E-state index contributed by atoms with van der Waals surface area (Å²) in [7, 11) is 0. The van der Waals surface area contributed by atoms with Crippen molar-refractivity contribution < 1.29 is 14.6 Å². The number of carbonyl (C=O) groups is 1. The predicted octanol–water partition coefficient (Wildman–Crippen LogP) is 4.65. The van der Waals surface area contributed by atoms with Crippen LogP contribution in [0.25, 0.3) is 0 Å². The summed E-state index contributed by atoms with van der Waals surface area (Å²) < 4.78 is 6.34. The van der Waals surface area contributed by atoms with Crippen LogP contribution < -0.4 is 4.74 Å². The highest BCUT2D eigenvalue weighted by Gasteiger charge is 2.10. The molecule has 88 valence electrons. The minimum absolute atomic E-state index is 0.228. The minimum Gasteiger partial charge on any atom is -0.477 e. The van der Waals surface area contributed by atoms with Crippen molar-refractivity contribution in [3.63, 3.8) is 0 Å². The molecule has 2 rings (SSSR count). The Morgan fingerprint density at radius 2 is 2.18 bits per heavy atom. The van der Waals surface area contributed by atoms with Gasteiger partial charge in [-0.1, -0.05) is 27.5 Å². The highest BCUT2D eigenvalue weighted by Crippen LogP contribution is 2.33. The Balaban J connectivity index is 2.25. The van der Waals surface area contributed by atoms with Gasteiger partial charge in [0, 0.05) is 15.9 Å². The zero-order valence-electron chi connectivity index (χ0n) is 8.31. The Morgan fingerprint density at radius 3 is 2.82 bits per heavy atom. The molecule has 0 fully saturated rings. The monoisotopic (exact) mass is 332 g/mol. The van der Waals surface area contributed by atoms with Gasteiger partial charge in [-0.15, -0.1) is 11.3 Å². The number of hydrogen-bond acceptors (Lipinski definition) is 3. The van der Waals surface area contributed by atoms with Crippen molar-refractivity contribution in [3.05, 3.63) is 44.0 Å². The molecule has 0 aliphatic carbocycles. The van der Waals surface area contributed by atoms with Crippen LogP contribution >= 0.6 is 38.9 Å². The summed E-state index contributed by atoms with van der Waals surface area (Å²) in [6.07, 6.45) is 0. The normalized spacial score (nSPS) is 10.2. The third-order valence-corrected chi connectivity index (χ3v) is 3.61. The lowest BCUT2D eigenvalue weighted by molar-refractivity contribution is 0.0702. The summed E-state index contributed by atoms with van der Waals surface area (Å²) >= 11 is 10.4. The molecule has 1 aromatic carbocycles. The van der Waals surface area contributed by atoms with Gasteiger partial charge in [-0.2, -0.15) is 0 Å². The molecule has 0 spiro atoms. The maximum absolute atomic E-state index is 10.7. The average molecular weight is 334 g/mol. The predicted molar refractivity (Wildman–Crippen MR) is 70.5 cm³/mol. The number of carboxylic acid groups (broad SMARTS) is 1. The molecule has 0 saturated carbocycles. The first-order valence-corrected chi connectivity index (χ1v) is 6.56. The van der Waals surface area contributed by atoms with Crippen molar-refractivity contribution >= 4 is 44.8 Å². The fourth-order valence-electron chi connectivity index (χ4n) is 1.17. The van der Waals surface area contributed by atoms with E-state index in [1.54, 1.807) is 23.6 Å². The van der Waals surface area contributed by atoms with Crippen molar-refractivity contribution in [2.24, 2.45) is 0 Å². The van der Waals surface area contributed by atoms with E-state index in [-0.39, 0.29) is 4.88 Å². The summed E-state index contributed by atoms with van der Waals surface area (Å²) in [6, 6.07) is 6.68. The third-order valence-electron chi connectivity index (χ3n) is 1.91. The number of aromatic carboxylic acids is 1. The number of thiophene rings is 1. The molecule has 0 unspecified atom stereocenters. The number of halogens is 2. The molecule has 0 saturated heterocycles. The van der Waals surface area contributed by atoms with Crippen molar-refractivity contribution in [2.45, 2.75) is 0 Å². The van der Waals surface area contributed by atoms with Crippen LogP contribution in [0.15, 0.2) is 34.1 Å². The van der Waals surface area contributed by atoms with E-state index in [9.17, 15) is 4.79 Å². The van der Waals surface area contributed by atoms with Gasteiger partial charge < -0.3 is 9.84 Å². The molecule has 2 aromatic rings. The summed E-state index contributed by atoms with van der Waals surface area (Å²) in [6.45, 7) is 0. The molecule has 6 heteroatoms. The van der Waals surface area contributed by atoms with E-state index in [4.69, 9.17) is 21.4 Å². The largest absolute Gasteiger partial charge is 0.477 e. The van der Waals surface area contributed by atoms with E-state index in [0.717, 1.165) is 15.8 Å². The van der Waals surface area contributed by atoms with E-state index < -0.39 is 5.97 Å². The molecular weight excluding hydrogens is 328 g/mol. The maximum Gasteiger partial charge on any atom is 0.346 e. The molecule has 1 heterocycles. The first-order valence-electron chi connectivity index (χ1n) is 4.51. The third kappa shape index (κ3) is 3.00. The topological polar surface area (TPSA) is 46.5 Å². The minimum atomic E-state index is -0.967. The van der Waals surface area contributed by atoms with Crippen LogP contribution in [0.4, 0.5) is 0 Å². The second-order valence-corrected chi connectivity index (χ2v) is 5.36. The van der Waals surface area contributed by atoms with Crippen LogP contribution in [-0.4, -0.2) is 11.1 Å². The van der Waals surface area contributed by atoms with E-state index in [0.29, 0.717) is 16.5 Å². The first kappa shape index (κ1) is 12.4. The Labute approximate surface area is 115 Å². The van der Waals surface area contributed by atoms with E-state index in [2.05, 4.69) is 15.9 Å². The van der Waals surface area contributed by atoms with Crippen LogP contribution in [0.2, 0.25) is 5.02 Å². The number of benzene rings is 1. The lowest BCUT2D eigenvalue weighted by Gasteiger charge is -2.05. The standard InChI is InChI=1S/C11H6BrClO3S/c12-6-1-2-8(13)9(3-6)16-7-4-10(11(14)15)17-5-7/h1-5H,(H,14,15). The average Bonchev–Trinajstić information content (AvgIpc) is 2.72. The second-order valence-electron chi connectivity index (χ2n) is 3.13. The molecule has 0 aliphatic rings. The molecule has 17 heavy (non-hydrogen) atoms. The fraction of sp³-hybridized carbons (Fsp3) is 0. The number of hydrogen-bond donors (Lipinski definition) is 1. The van der Waals surface area contributed by atoms with Crippen LogP contribution in [0.5, 0.6) is 11.5 Å². The summed E-state index contributed by atoms with van der Waals surface area (Å²) in [5, 5.41) is 10.9. The van der Waals surface area contributed by atoms with E-state index in [1.807, 2.05) is 0 Å². The van der Waals surface area contributed by atoms with Crippen LogP contribution in [0.1, 0.15) is 9.67 Å². The summed E-state index contributed by atoms with van der Waals surface area (Å²) in [5.41, 5.74) is 0. The zero-order chi connectivity index (χ0) is 12.4. The molecule has 1 N–H and O–H groups in total. The molecule has 0 bridgehead atoms. The highest BCUT2D eigenvalue weighted by molar-refractivity contribution is 9.10. The van der Waals surface area contributed by atoms with Crippen LogP contribution in [0.3, 0.4) is 0 Å². The molecular formula is C11H6BrClO3S. The Morgan fingerprint density at radius 1 is 1.41 bits per heavy atom. The van der Waals surface area contributed by atoms with Crippen molar-refractivity contribution in [1.29, 1.82) is 0 Å². The molecule has 0 radical (unpaired) electrons. The van der Waals surface area contributed by atoms with Gasteiger partial charge in [-0.25, -0.2) is 4.79 Å². The molecule has 0 amide bonds. The second kappa shape index (κ2) is 5.08. The van der Waals surface area contributed by atoms with Gasteiger partial charge in [0.1, 0.15) is 16.4 Å². The quantitative estimate of drug-likeness (QED) is 0.889. The summed E-state index contributed by atoms with van der Waals surface area (Å²) in [4.78, 5) is 10.9. The van der Waals surface area contributed by atoms with Crippen molar-refractivity contribution in [2.75, 3.05) is 0 Å². The number of ether oxygens (including phenoxy) is 1. The fourth-order valence-corrected chi connectivity index (χ4v) is 2.31. The van der Waals surface area contributed by atoms with E-state index in [1.165, 1.54) is 6.07 Å². The molecule has 0 aliphatic heterocycles. The van der Waals surface area contributed by atoms with Gasteiger partial charge in [0.05, 0.1) is 5.02 Å². The maximum atomic E-state index is 10.7. The molecule has 1 aromatic heterocycles. The van der Waals surface area contributed by atoms with Gasteiger partial charge in [0.15, 0.2) is 0 Å². The van der Waals surface area contributed by atoms with Gasteiger partial charge in [-0.3, -0.25) is 0 Å². The molecule has 3 nitrogen and oxygen atoms in total. The van der Waals surface area contributed by atoms with Gasteiger partial charge in [0.25, 0.3) is 0 Å².